The van der Waals surface area contributed by atoms with E-state index in [0.29, 0.717) is 17.5 Å². The molecule has 2 aliphatic rings. The molecule has 1 aliphatic carbocycles. The third-order valence-corrected chi connectivity index (χ3v) is 5.06. The standard InChI is InChI=1S/C15H27N5/c1-4-7-16-14-12(5-6-15(14,2)3)19-8-9-20-11-17-18-13(20)10-19/h11-12,14,16H,4-10H2,1-3H3. The first kappa shape index (κ1) is 14.0. The van der Waals surface area contributed by atoms with Crippen molar-refractivity contribution in [3.63, 3.8) is 0 Å². The number of nitrogens with one attached hydrogen (secondary N) is 1. The Kier molecular flexibility index (Phi) is 3.82. The first-order valence-corrected chi connectivity index (χ1v) is 7.96. The van der Waals surface area contributed by atoms with E-state index < -0.39 is 0 Å². The van der Waals surface area contributed by atoms with Crippen molar-refractivity contribution < 1.29 is 0 Å². The van der Waals surface area contributed by atoms with Gasteiger partial charge in [-0.15, -0.1) is 10.2 Å². The zero-order valence-electron chi connectivity index (χ0n) is 13.0. The van der Waals surface area contributed by atoms with Crippen LogP contribution in [0.2, 0.25) is 0 Å². The molecule has 0 saturated heterocycles. The second-order valence-corrected chi connectivity index (χ2v) is 6.94. The van der Waals surface area contributed by atoms with Gasteiger partial charge in [-0.3, -0.25) is 4.90 Å². The van der Waals surface area contributed by atoms with Crippen LogP contribution in [0.5, 0.6) is 0 Å². The summed E-state index contributed by atoms with van der Waals surface area (Å²) in [5, 5.41) is 12.1. The Bertz CT molecular complexity index is 453. The highest BCUT2D eigenvalue weighted by Crippen LogP contribution is 2.40. The van der Waals surface area contributed by atoms with Crippen molar-refractivity contribution in [2.45, 2.75) is 65.2 Å². The number of hydrogen-bond donors (Lipinski definition) is 1. The van der Waals surface area contributed by atoms with E-state index in [2.05, 4.69) is 45.8 Å². The van der Waals surface area contributed by atoms with Crippen LogP contribution >= 0.6 is 0 Å². The van der Waals surface area contributed by atoms with Gasteiger partial charge in [0, 0.05) is 25.2 Å². The molecule has 112 valence electrons. The fraction of sp³-hybridized carbons (Fsp3) is 0.867. The first-order chi connectivity index (χ1) is 9.62. The average Bonchev–Trinajstić information content (AvgIpc) is 2.99. The van der Waals surface area contributed by atoms with Gasteiger partial charge in [-0.25, -0.2) is 0 Å². The van der Waals surface area contributed by atoms with Crippen LogP contribution in [-0.2, 0) is 13.1 Å². The number of nitrogens with zero attached hydrogens (tertiary/aromatic N) is 4. The van der Waals surface area contributed by atoms with Crippen molar-refractivity contribution in [2.24, 2.45) is 5.41 Å². The molecule has 0 bridgehead atoms. The second kappa shape index (κ2) is 5.45. The van der Waals surface area contributed by atoms with Gasteiger partial charge >= 0.3 is 0 Å². The molecule has 20 heavy (non-hydrogen) atoms. The number of fused-ring (bicyclic) bond motifs is 1. The minimum Gasteiger partial charge on any atom is -0.315 e. The van der Waals surface area contributed by atoms with Crippen molar-refractivity contribution in [2.75, 3.05) is 13.1 Å². The smallest absolute Gasteiger partial charge is 0.147 e. The van der Waals surface area contributed by atoms with Crippen LogP contribution in [-0.4, -0.2) is 44.8 Å². The molecule has 5 heteroatoms. The summed E-state index contributed by atoms with van der Waals surface area (Å²) in [5.41, 5.74) is 0.394. The third-order valence-electron chi connectivity index (χ3n) is 5.06. The topological polar surface area (TPSA) is 46.0 Å². The summed E-state index contributed by atoms with van der Waals surface area (Å²) in [6, 6.07) is 1.24. The lowest BCUT2D eigenvalue weighted by molar-refractivity contribution is 0.114. The van der Waals surface area contributed by atoms with E-state index in [0.717, 1.165) is 32.0 Å². The van der Waals surface area contributed by atoms with Crippen LogP contribution in [0.4, 0.5) is 0 Å². The minimum absolute atomic E-state index is 0.394. The quantitative estimate of drug-likeness (QED) is 0.909. The van der Waals surface area contributed by atoms with E-state index in [1.807, 2.05) is 6.33 Å². The van der Waals surface area contributed by atoms with Gasteiger partial charge in [0.05, 0.1) is 6.54 Å². The molecule has 0 amide bonds. The molecule has 2 heterocycles. The molecule has 1 aliphatic heterocycles. The van der Waals surface area contributed by atoms with Crippen molar-refractivity contribution >= 4 is 0 Å². The predicted molar refractivity (Wildman–Crippen MR) is 79.3 cm³/mol. The van der Waals surface area contributed by atoms with Crippen LogP contribution in [0.3, 0.4) is 0 Å². The number of aromatic nitrogens is 3. The molecule has 1 fully saturated rings. The molecular weight excluding hydrogens is 250 g/mol. The fourth-order valence-electron chi connectivity index (χ4n) is 3.84. The Morgan fingerprint density at radius 2 is 2.25 bits per heavy atom. The lowest BCUT2D eigenvalue weighted by Gasteiger charge is -2.39. The van der Waals surface area contributed by atoms with Gasteiger partial charge in [0.2, 0.25) is 0 Å². The Morgan fingerprint density at radius 3 is 3.05 bits per heavy atom. The highest BCUT2D eigenvalue weighted by Gasteiger charge is 2.44. The SMILES string of the molecule is CCCNC1C(N2CCn3cnnc3C2)CCC1(C)C. The molecule has 1 N–H and O–H groups in total. The molecule has 1 aromatic rings. The van der Waals surface area contributed by atoms with Crippen LogP contribution < -0.4 is 5.32 Å². The molecule has 5 nitrogen and oxygen atoms in total. The largest absolute Gasteiger partial charge is 0.315 e. The van der Waals surface area contributed by atoms with E-state index >= 15 is 0 Å². The second-order valence-electron chi connectivity index (χ2n) is 6.94. The summed E-state index contributed by atoms with van der Waals surface area (Å²) >= 11 is 0. The molecule has 2 unspecified atom stereocenters. The highest BCUT2D eigenvalue weighted by molar-refractivity contribution is 5.03. The Balaban J connectivity index is 1.73. The maximum Gasteiger partial charge on any atom is 0.147 e. The lowest BCUT2D eigenvalue weighted by atomic mass is 9.86. The predicted octanol–water partition coefficient (Wildman–Crippen LogP) is 1.65. The van der Waals surface area contributed by atoms with Crippen molar-refractivity contribution in [1.29, 1.82) is 0 Å². The molecule has 0 spiro atoms. The zero-order chi connectivity index (χ0) is 14.2. The molecule has 3 rings (SSSR count). The average molecular weight is 277 g/mol. The van der Waals surface area contributed by atoms with Crippen LogP contribution in [0.25, 0.3) is 0 Å². The lowest BCUT2D eigenvalue weighted by Crippen LogP contribution is -2.53. The van der Waals surface area contributed by atoms with Gasteiger partial charge in [-0.05, 0) is 31.2 Å². The van der Waals surface area contributed by atoms with Gasteiger partial charge < -0.3 is 9.88 Å². The molecular formula is C15H27N5. The maximum atomic E-state index is 4.25. The van der Waals surface area contributed by atoms with Crippen molar-refractivity contribution in [3.05, 3.63) is 12.2 Å². The van der Waals surface area contributed by atoms with E-state index in [-0.39, 0.29) is 0 Å². The molecule has 1 aromatic heterocycles. The zero-order valence-corrected chi connectivity index (χ0v) is 13.0. The van der Waals surface area contributed by atoms with Gasteiger partial charge in [-0.1, -0.05) is 20.8 Å². The molecule has 1 saturated carbocycles. The van der Waals surface area contributed by atoms with Crippen LogP contribution in [0.1, 0.15) is 45.9 Å². The van der Waals surface area contributed by atoms with E-state index in [1.165, 1.54) is 19.3 Å². The van der Waals surface area contributed by atoms with Gasteiger partial charge in [0.25, 0.3) is 0 Å². The minimum atomic E-state index is 0.394. The Morgan fingerprint density at radius 1 is 1.40 bits per heavy atom. The van der Waals surface area contributed by atoms with Gasteiger partial charge in [0.1, 0.15) is 12.2 Å². The van der Waals surface area contributed by atoms with Gasteiger partial charge in [-0.2, -0.15) is 0 Å². The van der Waals surface area contributed by atoms with Crippen molar-refractivity contribution in [3.8, 4) is 0 Å². The summed E-state index contributed by atoms with van der Waals surface area (Å²) in [6.07, 6.45) is 5.66. The number of hydrogen-bond acceptors (Lipinski definition) is 4. The summed E-state index contributed by atoms with van der Waals surface area (Å²) in [6.45, 7) is 11.3. The van der Waals surface area contributed by atoms with E-state index in [1.54, 1.807) is 0 Å². The Hall–Kier alpha value is -0.940. The van der Waals surface area contributed by atoms with Crippen LogP contribution in [0, 0.1) is 5.41 Å². The molecule has 0 aromatic carbocycles. The molecule has 2 atom stereocenters. The highest BCUT2D eigenvalue weighted by atomic mass is 15.3. The third kappa shape index (κ3) is 2.49. The summed E-state index contributed by atoms with van der Waals surface area (Å²) in [5.74, 6) is 1.12. The van der Waals surface area contributed by atoms with E-state index in [9.17, 15) is 0 Å². The maximum absolute atomic E-state index is 4.25. The number of rotatable bonds is 4. The fourth-order valence-corrected chi connectivity index (χ4v) is 3.84. The normalized spacial score (nSPS) is 29.6. The molecule has 0 radical (unpaired) electrons. The van der Waals surface area contributed by atoms with Gasteiger partial charge in [0.15, 0.2) is 0 Å². The van der Waals surface area contributed by atoms with E-state index in [4.69, 9.17) is 0 Å². The summed E-state index contributed by atoms with van der Waals surface area (Å²) < 4.78 is 2.19. The van der Waals surface area contributed by atoms with Crippen molar-refractivity contribution in [1.82, 2.24) is 25.0 Å². The summed E-state index contributed by atoms with van der Waals surface area (Å²) in [4.78, 5) is 2.62. The monoisotopic (exact) mass is 277 g/mol. The van der Waals surface area contributed by atoms with Crippen LogP contribution in [0.15, 0.2) is 6.33 Å². The first-order valence-electron chi connectivity index (χ1n) is 7.96. The summed E-state index contributed by atoms with van der Waals surface area (Å²) in [7, 11) is 0. The Labute approximate surface area is 121 Å².